The normalized spacial score (nSPS) is 11.1. The van der Waals surface area contributed by atoms with Crippen LogP contribution < -0.4 is 0 Å². The zero-order valence-electron chi connectivity index (χ0n) is 11.8. The van der Waals surface area contributed by atoms with Crippen molar-refractivity contribution in [2.75, 3.05) is 26.9 Å². The Kier molecular flexibility index (Phi) is 6.69. The molecule has 110 valence electrons. The second-order valence-electron chi connectivity index (χ2n) is 4.09. The van der Waals surface area contributed by atoms with Gasteiger partial charge in [0.1, 0.15) is 0 Å². The van der Waals surface area contributed by atoms with Crippen LogP contribution in [-0.2, 0) is 16.0 Å². The smallest absolute Gasteiger partial charge is 0.356 e. The molecular weight excluding hydrogens is 260 g/mol. The Balaban J connectivity index is 2.81. The van der Waals surface area contributed by atoms with E-state index in [-0.39, 0.29) is 5.69 Å². The number of ether oxygens (including phenoxy) is 2. The molecule has 0 atom stereocenters. The molecule has 1 aromatic heterocycles. The first-order chi connectivity index (χ1) is 9.61. The molecule has 0 aliphatic carbocycles. The molecule has 0 spiro atoms. The van der Waals surface area contributed by atoms with Gasteiger partial charge in [0.15, 0.2) is 5.69 Å². The van der Waals surface area contributed by atoms with E-state index in [0.29, 0.717) is 31.9 Å². The predicted molar refractivity (Wildman–Crippen MR) is 75.8 cm³/mol. The number of carbonyl (C=O) groups is 1. The van der Waals surface area contributed by atoms with E-state index in [1.54, 1.807) is 36.9 Å². The van der Waals surface area contributed by atoms with Gasteiger partial charge in [0, 0.05) is 12.7 Å². The first-order valence-corrected chi connectivity index (χ1v) is 6.28. The molecule has 0 aliphatic rings. The van der Waals surface area contributed by atoms with Gasteiger partial charge in [0.05, 0.1) is 32.1 Å². The van der Waals surface area contributed by atoms with Crippen LogP contribution in [0.3, 0.4) is 0 Å². The van der Waals surface area contributed by atoms with Crippen molar-refractivity contribution in [3.63, 3.8) is 0 Å². The molecule has 20 heavy (non-hydrogen) atoms. The maximum Gasteiger partial charge on any atom is 0.356 e. The fraction of sp³-hybridized carbons (Fsp3) is 0.429. The van der Waals surface area contributed by atoms with Gasteiger partial charge in [-0.3, -0.25) is 4.68 Å². The SMILES string of the molecule is C=C/C=C\c1c(C)c(C(=O)O)nn1CCOCCOC. The first kappa shape index (κ1) is 16.1. The zero-order valence-corrected chi connectivity index (χ0v) is 11.8. The van der Waals surface area contributed by atoms with E-state index in [1.165, 1.54) is 0 Å². The lowest BCUT2D eigenvalue weighted by molar-refractivity contribution is 0.0644. The van der Waals surface area contributed by atoms with E-state index < -0.39 is 5.97 Å². The maximum absolute atomic E-state index is 11.1. The van der Waals surface area contributed by atoms with Crippen LogP contribution in [0.4, 0.5) is 0 Å². The van der Waals surface area contributed by atoms with Crippen LogP contribution in [0.2, 0.25) is 0 Å². The number of allylic oxidation sites excluding steroid dienone is 2. The number of carboxylic acid groups (broad SMARTS) is 1. The summed E-state index contributed by atoms with van der Waals surface area (Å²) in [5, 5.41) is 13.2. The van der Waals surface area contributed by atoms with Crippen molar-refractivity contribution in [1.29, 1.82) is 0 Å². The van der Waals surface area contributed by atoms with Crippen LogP contribution in [0, 0.1) is 6.92 Å². The molecule has 1 N–H and O–H groups in total. The highest BCUT2D eigenvalue weighted by atomic mass is 16.5. The van der Waals surface area contributed by atoms with Crippen molar-refractivity contribution < 1.29 is 19.4 Å². The van der Waals surface area contributed by atoms with Crippen molar-refractivity contribution in [1.82, 2.24) is 9.78 Å². The summed E-state index contributed by atoms with van der Waals surface area (Å²) >= 11 is 0. The average molecular weight is 280 g/mol. The fourth-order valence-electron chi connectivity index (χ4n) is 1.70. The third-order valence-corrected chi connectivity index (χ3v) is 2.71. The minimum absolute atomic E-state index is 0.0607. The van der Waals surface area contributed by atoms with Crippen LogP contribution in [-0.4, -0.2) is 47.8 Å². The molecule has 0 saturated carbocycles. The minimum Gasteiger partial charge on any atom is -0.476 e. The number of aromatic carboxylic acids is 1. The monoisotopic (exact) mass is 280 g/mol. The molecule has 1 rings (SSSR count). The Bertz CT molecular complexity index is 492. The lowest BCUT2D eigenvalue weighted by atomic mass is 10.2. The number of methoxy groups -OCH3 is 1. The zero-order chi connectivity index (χ0) is 15.0. The average Bonchev–Trinajstić information content (AvgIpc) is 2.73. The van der Waals surface area contributed by atoms with Gasteiger partial charge in [0.2, 0.25) is 0 Å². The third-order valence-electron chi connectivity index (χ3n) is 2.71. The van der Waals surface area contributed by atoms with Gasteiger partial charge in [-0.1, -0.05) is 18.7 Å². The fourth-order valence-corrected chi connectivity index (χ4v) is 1.70. The van der Waals surface area contributed by atoms with Gasteiger partial charge in [-0.05, 0) is 13.0 Å². The van der Waals surface area contributed by atoms with Crippen molar-refractivity contribution in [2.45, 2.75) is 13.5 Å². The van der Waals surface area contributed by atoms with Crippen LogP contribution in [0.1, 0.15) is 21.7 Å². The van der Waals surface area contributed by atoms with Crippen molar-refractivity contribution in [3.05, 3.63) is 35.7 Å². The van der Waals surface area contributed by atoms with Gasteiger partial charge >= 0.3 is 5.97 Å². The number of nitrogens with zero attached hydrogens (tertiary/aromatic N) is 2. The standard InChI is InChI=1S/C14H20N2O4/c1-4-5-6-12-11(2)13(14(17)18)15-16(12)7-8-20-10-9-19-3/h4-6H,1,7-10H2,2-3H3,(H,17,18)/b6-5-. The highest BCUT2D eigenvalue weighted by Gasteiger charge is 2.17. The summed E-state index contributed by atoms with van der Waals surface area (Å²) in [6.45, 7) is 7.29. The maximum atomic E-state index is 11.1. The predicted octanol–water partition coefficient (Wildman–Crippen LogP) is 1.75. The molecule has 1 heterocycles. The van der Waals surface area contributed by atoms with Crippen LogP contribution in [0.15, 0.2) is 18.7 Å². The Morgan fingerprint density at radius 3 is 2.80 bits per heavy atom. The molecule has 0 saturated heterocycles. The molecular formula is C14H20N2O4. The largest absolute Gasteiger partial charge is 0.476 e. The third kappa shape index (κ3) is 4.32. The van der Waals surface area contributed by atoms with E-state index in [9.17, 15) is 4.79 Å². The summed E-state index contributed by atoms with van der Waals surface area (Å²) in [6, 6.07) is 0. The van der Waals surface area contributed by atoms with Crippen LogP contribution in [0.5, 0.6) is 0 Å². The Morgan fingerprint density at radius 2 is 2.20 bits per heavy atom. The summed E-state index contributed by atoms with van der Waals surface area (Å²) in [4.78, 5) is 11.1. The number of aromatic nitrogens is 2. The summed E-state index contributed by atoms with van der Waals surface area (Å²) in [6.07, 6.45) is 5.17. The van der Waals surface area contributed by atoms with Crippen molar-refractivity contribution in [3.8, 4) is 0 Å². The Hall–Kier alpha value is -1.92. The number of rotatable bonds is 9. The summed E-state index contributed by atoms with van der Waals surface area (Å²) < 4.78 is 11.9. The van der Waals surface area contributed by atoms with Crippen molar-refractivity contribution in [2.24, 2.45) is 0 Å². The highest BCUT2D eigenvalue weighted by Crippen LogP contribution is 2.15. The second-order valence-corrected chi connectivity index (χ2v) is 4.09. The van der Waals surface area contributed by atoms with E-state index >= 15 is 0 Å². The van der Waals surface area contributed by atoms with E-state index in [2.05, 4.69) is 11.7 Å². The molecule has 6 heteroatoms. The van der Waals surface area contributed by atoms with Gasteiger partial charge < -0.3 is 14.6 Å². The molecule has 0 bridgehead atoms. The first-order valence-electron chi connectivity index (χ1n) is 6.28. The molecule has 0 aliphatic heterocycles. The van der Waals surface area contributed by atoms with Crippen LogP contribution >= 0.6 is 0 Å². The molecule has 0 radical (unpaired) electrons. The van der Waals surface area contributed by atoms with Gasteiger partial charge in [-0.25, -0.2) is 4.79 Å². The summed E-state index contributed by atoms with van der Waals surface area (Å²) in [5.41, 5.74) is 1.44. The second kappa shape index (κ2) is 8.29. The van der Waals surface area contributed by atoms with Gasteiger partial charge in [-0.15, -0.1) is 0 Å². The van der Waals surface area contributed by atoms with E-state index in [4.69, 9.17) is 14.6 Å². The van der Waals surface area contributed by atoms with E-state index in [1.807, 2.05) is 0 Å². The quantitative estimate of drug-likeness (QED) is 0.551. The lowest BCUT2D eigenvalue weighted by Gasteiger charge is -2.06. The molecule has 6 nitrogen and oxygen atoms in total. The summed E-state index contributed by atoms with van der Waals surface area (Å²) in [5.74, 6) is -1.03. The number of hydrogen-bond donors (Lipinski definition) is 1. The molecule has 0 amide bonds. The van der Waals surface area contributed by atoms with E-state index in [0.717, 1.165) is 5.69 Å². The van der Waals surface area contributed by atoms with Gasteiger partial charge in [-0.2, -0.15) is 5.10 Å². The Morgan fingerprint density at radius 1 is 1.45 bits per heavy atom. The molecule has 1 aromatic rings. The minimum atomic E-state index is -1.03. The lowest BCUT2D eigenvalue weighted by Crippen LogP contribution is -2.12. The topological polar surface area (TPSA) is 73.6 Å². The highest BCUT2D eigenvalue weighted by molar-refractivity contribution is 5.88. The summed E-state index contributed by atoms with van der Waals surface area (Å²) in [7, 11) is 1.61. The molecule has 0 unspecified atom stereocenters. The molecule has 0 aromatic carbocycles. The Labute approximate surface area is 118 Å². The van der Waals surface area contributed by atoms with Crippen molar-refractivity contribution >= 4 is 12.0 Å². The number of hydrogen-bond acceptors (Lipinski definition) is 4. The van der Waals surface area contributed by atoms with Gasteiger partial charge in [0.25, 0.3) is 0 Å². The molecule has 0 fully saturated rings. The number of carboxylic acids is 1. The van der Waals surface area contributed by atoms with Crippen LogP contribution in [0.25, 0.3) is 6.08 Å².